The lowest BCUT2D eigenvalue weighted by Gasteiger charge is -2.24. The van der Waals surface area contributed by atoms with E-state index < -0.39 is 0 Å². The van der Waals surface area contributed by atoms with Gasteiger partial charge in [0.05, 0.1) is 17.4 Å². The standard InChI is InChI=1S/C23H17F3N2/c24-18-6-1-16(2-7-18)3-12-21-15-23(17-4-8-19(25)9-5-17)28(27-21)22-13-10-20(26)11-14-22/h1-14,23H,15H2/t23-/m1/s1. The van der Waals surface area contributed by atoms with Crippen LogP contribution >= 0.6 is 0 Å². The Morgan fingerprint density at radius 2 is 1.25 bits per heavy atom. The third kappa shape index (κ3) is 3.98. The molecular weight excluding hydrogens is 361 g/mol. The van der Waals surface area contributed by atoms with Gasteiger partial charge in [-0.25, -0.2) is 13.2 Å². The van der Waals surface area contributed by atoms with E-state index in [9.17, 15) is 13.2 Å². The summed E-state index contributed by atoms with van der Waals surface area (Å²) in [4.78, 5) is 0. The number of hydrogen-bond donors (Lipinski definition) is 0. The highest BCUT2D eigenvalue weighted by molar-refractivity contribution is 6.01. The fourth-order valence-corrected chi connectivity index (χ4v) is 3.18. The van der Waals surface area contributed by atoms with Crippen LogP contribution in [0.1, 0.15) is 23.6 Å². The fourth-order valence-electron chi connectivity index (χ4n) is 3.18. The molecule has 0 unspecified atom stereocenters. The molecule has 0 saturated heterocycles. The Hall–Kier alpha value is -3.34. The number of rotatable bonds is 4. The van der Waals surface area contributed by atoms with E-state index in [1.165, 1.54) is 36.4 Å². The highest BCUT2D eigenvalue weighted by atomic mass is 19.1. The highest BCUT2D eigenvalue weighted by Gasteiger charge is 2.28. The first-order chi connectivity index (χ1) is 13.6. The van der Waals surface area contributed by atoms with Crippen molar-refractivity contribution in [1.82, 2.24) is 0 Å². The monoisotopic (exact) mass is 378 g/mol. The van der Waals surface area contributed by atoms with E-state index >= 15 is 0 Å². The number of halogens is 3. The van der Waals surface area contributed by atoms with Crippen LogP contribution < -0.4 is 5.01 Å². The van der Waals surface area contributed by atoms with Crippen LogP contribution in [0.2, 0.25) is 0 Å². The Bertz CT molecular complexity index is 1010. The van der Waals surface area contributed by atoms with Crippen molar-refractivity contribution in [1.29, 1.82) is 0 Å². The summed E-state index contributed by atoms with van der Waals surface area (Å²) in [6, 6.07) is 18.5. The van der Waals surface area contributed by atoms with Gasteiger partial charge in [0.2, 0.25) is 0 Å². The first kappa shape index (κ1) is 18.0. The first-order valence-corrected chi connectivity index (χ1v) is 8.90. The molecule has 5 heteroatoms. The van der Waals surface area contributed by atoms with Crippen LogP contribution in [0.25, 0.3) is 6.08 Å². The molecule has 0 radical (unpaired) electrons. The first-order valence-electron chi connectivity index (χ1n) is 8.90. The van der Waals surface area contributed by atoms with Crippen molar-refractivity contribution < 1.29 is 13.2 Å². The van der Waals surface area contributed by atoms with Gasteiger partial charge in [-0.3, -0.25) is 5.01 Å². The van der Waals surface area contributed by atoms with E-state index in [-0.39, 0.29) is 23.5 Å². The van der Waals surface area contributed by atoms with Crippen LogP contribution in [0.5, 0.6) is 0 Å². The van der Waals surface area contributed by atoms with Crippen LogP contribution in [-0.2, 0) is 0 Å². The maximum atomic E-state index is 13.3. The third-order valence-electron chi connectivity index (χ3n) is 4.62. The van der Waals surface area contributed by atoms with Gasteiger partial charge in [0.15, 0.2) is 0 Å². The van der Waals surface area contributed by atoms with Crippen molar-refractivity contribution in [2.24, 2.45) is 5.10 Å². The summed E-state index contributed by atoms with van der Waals surface area (Å²) in [7, 11) is 0. The molecule has 3 aromatic rings. The number of allylic oxidation sites excluding steroid dienone is 1. The van der Waals surface area contributed by atoms with E-state index in [1.807, 2.05) is 17.2 Å². The summed E-state index contributed by atoms with van der Waals surface area (Å²) in [6.07, 6.45) is 4.36. The van der Waals surface area contributed by atoms with Gasteiger partial charge >= 0.3 is 0 Å². The van der Waals surface area contributed by atoms with Gasteiger partial charge in [-0.05, 0) is 65.7 Å². The molecule has 28 heavy (non-hydrogen) atoms. The van der Waals surface area contributed by atoms with Crippen molar-refractivity contribution in [3.05, 3.63) is 107 Å². The largest absolute Gasteiger partial charge is 0.257 e. The number of nitrogens with zero attached hydrogens (tertiary/aromatic N) is 2. The number of hydrazone groups is 1. The van der Waals surface area contributed by atoms with Gasteiger partial charge in [0, 0.05) is 6.42 Å². The van der Waals surface area contributed by atoms with Gasteiger partial charge in [-0.15, -0.1) is 0 Å². The van der Waals surface area contributed by atoms with Gasteiger partial charge in [-0.1, -0.05) is 30.3 Å². The highest BCUT2D eigenvalue weighted by Crippen LogP contribution is 2.35. The lowest BCUT2D eigenvalue weighted by Crippen LogP contribution is -2.18. The Kier molecular flexibility index (Phi) is 4.98. The average Bonchev–Trinajstić information content (AvgIpc) is 3.13. The van der Waals surface area contributed by atoms with E-state index in [1.54, 1.807) is 36.4 Å². The molecule has 0 amide bonds. The number of hydrogen-bond acceptors (Lipinski definition) is 2. The van der Waals surface area contributed by atoms with Crippen molar-refractivity contribution in [3.63, 3.8) is 0 Å². The third-order valence-corrected chi connectivity index (χ3v) is 4.62. The second kappa shape index (κ2) is 7.72. The molecule has 0 spiro atoms. The van der Waals surface area contributed by atoms with E-state index in [4.69, 9.17) is 0 Å². The molecule has 2 nitrogen and oxygen atoms in total. The van der Waals surface area contributed by atoms with Crippen molar-refractivity contribution in [3.8, 4) is 0 Å². The number of benzene rings is 3. The summed E-state index contributed by atoms with van der Waals surface area (Å²) in [5.74, 6) is -0.900. The second-order valence-electron chi connectivity index (χ2n) is 6.57. The maximum Gasteiger partial charge on any atom is 0.123 e. The molecule has 140 valence electrons. The molecule has 0 aromatic heterocycles. The topological polar surface area (TPSA) is 15.6 Å². The average molecular weight is 378 g/mol. The predicted molar refractivity (Wildman–Crippen MR) is 106 cm³/mol. The van der Waals surface area contributed by atoms with Gasteiger partial charge < -0.3 is 0 Å². The Morgan fingerprint density at radius 1 is 0.714 bits per heavy atom. The van der Waals surface area contributed by atoms with Crippen molar-refractivity contribution in [2.45, 2.75) is 12.5 Å². The molecule has 3 aromatic carbocycles. The minimum atomic E-state index is -0.318. The quantitative estimate of drug-likeness (QED) is 0.534. The van der Waals surface area contributed by atoms with E-state index in [0.717, 1.165) is 22.5 Å². The van der Waals surface area contributed by atoms with Gasteiger partial charge in [-0.2, -0.15) is 5.10 Å². The van der Waals surface area contributed by atoms with Crippen molar-refractivity contribution in [2.75, 3.05) is 5.01 Å². The summed E-state index contributed by atoms with van der Waals surface area (Å²) < 4.78 is 39.7. The Morgan fingerprint density at radius 3 is 1.86 bits per heavy atom. The van der Waals surface area contributed by atoms with Crippen LogP contribution in [0.4, 0.5) is 18.9 Å². The lowest BCUT2D eigenvalue weighted by molar-refractivity contribution is 0.622. The molecule has 0 aliphatic carbocycles. The molecule has 1 atom stereocenters. The Labute approximate surface area is 161 Å². The zero-order valence-electron chi connectivity index (χ0n) is 14.9. The molecule has 0 saturated carbocycles. The van der Waals surface area contributed by atoms with Crippen LogP contribution in [-0.4, -0.2) is 5.71 Å². The zero-order valence-corrected chi connectivity index (χ0v) is 14.9. The lowest BCUT2D eigenvalue weighted by atomic mass is 10.0. The molecule has 0 N–H and O–H groups in total. The zero-order chi connectivity index (χ0) is 19.5. The minimum Gasteiger partial charge on any atom is -0.257 e. The smallest absolute Gasteiger partial charge is 0.123 e. The van der Waals surface area contributed by atoms with E-state index in [0.29, 0.717) is 6.42 Å². The van der Waals surface area contributed by atoms with Gasteiger partial charge in [0.25, 0.3) is 0 Å². The normalized spacial score (nSPS) is 16.6. The SMILES string of the molecule is Fc1ccc(C=CC2=NN(c3ccc(F)cc3)[C@@H](c3ccc(F)cc3)C2)cc1. The molecule has 1 aliphatic heterocycles. The maximum absolute atomic E-state index is 13.3. The van der Waals surface area contributed by atoms with Gasteiger partial charge in [0.1, 0.15) is 17.5 Å². The molecule has 0 fully saturated rings. The number of anilines is 1. The Balaban J connectivity index is 1.64. The molecule has 0 bridgehead atoms. The fraction of sp³-hybridized carbons (Fsp3) is 0.0870. The molecule has 4 rings (SSSR count). The minimum absolute atomic E-state index is 0.126. The second-order valence-corrected chi connectivity index (χ2v) is 6.57. The summed E-state index contributed by atoms with van der Waals surface area (Å²) in [5, 5.41) is 6.49. The predicted octanol–water partition coefficient (Wildman–Crippen LogP) is 6.12. The molecular formula is C23H17F3N2. The summed E-state index contributed by atoms with van der Waals surface area (Å²) in [6.45, 7) is 0. The van der Waals surface area contributed by atoms with E-state index in [2.05, 4.69) is 5.10 Å². The van der Waals surface area contributed by atoms with Crippen LogP contribution in [0, 0.1) is 17.5 Å². The van der Waals surface area contributed by atoms with Crippen molar-refractivity contribution >= 4 is 17.5 Å². The molecule has 1 aliphatic rings. The molecule has 1 heterocycles. The summed E-state index contributed by atoms with van der Waals surface area (Å²) in [5.41, 5.74) is 3.35. The summed E-state index contributed by atoms with van der Waals surface area (Å²) >= 11 is 0. The van der Waals surface area contributed by atoms with Crippen LogP contribution in [0.15, 0.2) is 84.0 Å². The van der Waals surface area contributed by atoms with Crippen LogP contribution in [0.3, 0.4) is 0 Å².